The number of nitrogens with zero attached hydrogens (tertiary/aromatic N) is 1. The van der Waals surface area contributed by atoms with Gasteiger partial charge in [-0.1, -0.05) is 0 Å². The van der Waals surface area contributed by atoms with Crippen LogP contribution in [0.3, 0.4) is 0 Å². The van der Waals surface area contributed by atoms with E-state index < -0.39 is 12.0 Å². The molecule has 0 spiro atoms. The Hall–Kier alpha value is -2.61. The quantitative estimate of drug-likeness (QED) is 0.810. The van der Waals surface area contributed by atoms with Crippen molar-refractivity contribution in [1.82, 2.24) is 15.8 Å². The van der Waals surface area contributed by atoms with E-state index in [2.05, 4.69) is 20.6 Å². The Morgan fingerprint density at radius 2 is 1.83 bits per heavy atom. The van der Waals surface area contributed by atoms with Crippen molar-refractivity contribution in [1.29, 1.82) is 0 Å². The third-order valence-electron chi connectivity index (χ3n) is 2.97. The lowest BCUT2D eigenvalue weighted by Gasteiger charge is -2.05. The van der Waals surface area contributed by atoms with Crippen LogP contribution in [-0.4, -0.2) is 30.2 Å². The number of hydrazine groups is 1. The van der Waals surface area contributed by atoms with Crippen LogP contribution in [0.15, 0.2) is 24.3 Å². The topological polar surface area (TPSA) is 89.6 Å². The van der Waals surface area contributed by atoms with Gasteiger partial charge in [0.05, 0.1) is 18.9 Å². The highest BCUT2D eigenvalue weighted by molar-refractivity contribution is 7.17. The number of thiazole rings is 1. The SMILES string of the molecule is CCOC(=O)NNC(=O)c1sc(-c2ccc(OCC)cc2)nc1C. The molecule has 2 N–H and O–H groups in total. The van der Waals surface area contributed by atoms with E-state index in [4.69, 9.17) is 4.74 Å². The van der Waals surface area contributed by atoms with Gasteiger partial charge in [0, 0.05) is 5.56 Å². The standard InChI is InChI=1S/C16H19N3O4S/c1-4-22-12-8-6-11(7-9-12)15-17-10(3)13(24-15)14(20)18-19-16(21)23-5-2/h6-9H,4-5H2,1-3H3,(H,18,20)(H,19,21). The van der Waals surface area contributed by atoms with Crippen LogP contribution in [0.4, 0.5) is 4.79 Å². The van der Waals surface area contributed by atoms with Gasteiger partial charge >= 0.3 is 6.09 Å². The number of aryl methyl sites for hydroxylation is 1. The van der Waals surface area contributed by atoms with Crippen molar-refractivity contribution in [2.75, 3.05) is 13.2 Å². The molecule has 7 nitrogen and oxygen atoms in total. The molecule has 0 saturated heterocycles. The number of nitrogens with one attached hydrogen (secondary N) is 2. The van der Waals surface area contributed by atoms with Gasteiger partial charge in [-0.05, 0) is 45.0 Å². The van der Waals surface area contributed by atoms with Crippen LogP contribution < -0.4 is 15.6 Å². The summed E-state index contributed by atoms with van der Waals surface area (Å²) in [5, 5.41) is 0.719. The molecule has 128 valence electrons. The summed E-state index contributed by atoms with van der Waals surface area (Å²) < 4.78 is 10.1. The molecule has 0 saturated carbocycles. The van der Waals surface area contributed by atoms with Crippen LogP contribution in [0.2, 0.25) is 0 Å². The van der Waals surface area contributed by atoms with E-state index in [0.29, 0.717) is 17.2 Å². The first-order chi connectivity index (χ1) is 11.5. The summed E-state index contributed by atoms with van der Waals surface area (Å²) in [6.45, 7) is 6.18. The smallest absolute Gasteiger partial charge is 0.426 e. The van der Waals surface area contributed by atoms with Gasteiger partial charge in [-0.15, -0.1) is 11.3 Å². The molecule has 24 heavy (non-hydrogen) atoms. The van der Waals surface area contributed by atoms with Gasteiger partial charge in [0.2, 0.25) is 0 Å². The predicted octanol–water partition coefficient (Wildman–Crippen LogP) is 2.91. The third kappa shape index (κ3) is 4.45. The second-order valence-electron chi connectivity index (χ2n) is 4.69. The predicted molar refractivity (Wildman–Crippen MR) is 91.1 cm³/mol. The summed E-state index contributed by atoms with van der Waals surface area (Å²) in [5.41, 5.74) is 5.97. The molecule has 0 radical (unpaired) electrons. The molecule has 2 rings (SSSR count). The van der Waals surface area contributed by atoms with Gasteiger partial charge in [-0.2, -0.15) is 0 Å². The Morgan fingerprint density at radius 3 is 2.46 bits per heavy atom. The fourth-order valence-corrected chi connectivity index (χ4v) is 2.89. The molecule has 1 aromatic carbocycles. The fraction of sp³-hybridized carbons (Fsp3) is 0.312. The number of hydrogen-bond acceptors (Lipinski definition) is 6. The van der Waals surface area contributed by atoms with Crippen LogP contribution in [0.25, 0.3) is 10.6 Å². The van der Waals surface area contributed by atoms with Crippen molar-refractivity contribution < 1.29 is 19.1 Å². The van der Waals surface area contributed by atoms with Gasteiger partial charge in [-0.25, -0.2) is 15.2 Å². The molecule has 8 heteroatoms. The molecule has 0 bridgehead atoms. The average molecular weight is 349 g/mol. The normalized spacial score (nSPS) is 10.1. The van der Waals surface area contributed by atoms with E-state index >= 15 is 0 Å². The number of carbonyl (C=O) groups excluding carboxylic acids is 2. The van der Waals surface area contributed by atoms with Crippen LogP contribution in [0.1, 0.15) is 29.2 Å². The zero-order valence-corrected chi connectivity index (χ0v) is 14.5. The van der Waals surface area contributed by atoms with Crippen LogP contribution in [-0.2, 0) is 4.74 Å². The van der Waals surface area contributed by atoms with Crippen molar-refractivity contribution >= 4 is 23.3 Å². The molecular weight excluding hydrogens is 330 g/mol. The number of carbonyl (C=O) groups is 2. The first-order valence-electron chi connectivity index (χ1n) is 7.48. The molecule has 0 unspecified atom stereocenters. The lowest BCUT2D eigenvalue weighted by molar-refractivity contribution is 0.0916. The Balaban J connectivity index is 2.08. The summed E-state index contributed by atoms with van der Waals surface area (Å²) in [6.07, 6.45) is -0.709. The Morgan fingerprint density at radius 1 is 1.12 bits per heavy atom. The molecule has 0 atom stereocenters. The molecule has 2 aromatic rings. The maximum atomic E-state index is 12.1. The van der Waals surface area contributed by atoms with E-state index in [0.717, 1.165) is 16.3 Å². The molecule has 0 fully saturated rings. The summed E-state index contributed by atoms with van der Waals surface area (Å²) in [4.78, 5) is 28.2. The second kappa shape index (κ2) is 8.30. The van der Waals surface area contributed by atoms with Gasteiger partial charge in [0.15, 0.2) is 0 Å². The van der Waals surface area contributed by atoms with E-state index in [1.807, 2.05) is 31.2 Å². The van der Waals surface area contributed by atoms with Gasteiger partial charge in [0.25, 0.3) is 5.91 Å². The summed E-state index contributed by atoms with van der Waals surface area (Å²) in [6, 6.07) is 7.50. The number of amides is 2. The van der Waals surface area contributed by atoms with E-state index in [9.17, 15) is 9.59 Å². The van der Waals surface area contributed by atoms with Gasteiger partial charge < -0.3 is 9.47 Å². The Kier molecular flexibility index (Phi) is 6.14. The molecule has 2 amide bonds. The first-order valence-corrected chi connectivity index (χ1v) is 8.30. The van der Waals surface area contributed by atoms with Crippen molar-refractivity contribution in [3.8, 4) is 16.3 Å². The van der Waals surface area contributed by atoms with Gasteiger partial charge in [0.1, 0.15) is 15.6 Å². The Labute approximate surface area is 144 Å². The maximum absolute atomic E-state index is 12.1. The van der Waals surface area contributed by atoms with Crippen LogP contribution >= 0.6 is 11.3 Å². The lowest BCUT2D eigenvalue weighted by atomic mass is 10.2. The summed E-state index contributed by atoms with van der Waals surface area (Å²) >= 11 is 1.25. The fourth-order valence-electron chi connectivity index (χ4n) is 1.92. The molecule has 0 aliphatic heterocycles. The van der Waals surface area contributed by atoms with E-state index in [1.165, 1.54) is 11.3 Å². The van der Waals surface area contributed by atoms with Crippen molar-refractivity contribution in [3.63, 3.8) is 0 Å². The minimum Gasteiger partial charge on any atom is -0.494 e. The molecule has 0 aliphatic rings. The van der Waals surface area contributed by atoms with Gasteiger partial charge in [-0.3, -0.25) is 10.2 Å². The van der Waals surface area contributed by atoms with Crippen molar-refractivity contribution in [3.05, 3.63) is 34.8 Å². The molecular formula is C16H19N3O4S. The molecule has 1 aromatic heterocycles. The van der Waals surface area contributed by atoms with E-state index in [1.54, 1.807) is 13.8 Å². The highest BCUT2D eigenvalue weighted by Crippen LogP contribution is 2.29. The summed E-state index contributed by atoms with van der Waals surface area (Å²) in [7, 11) is 0. The average Bonchev–Trinajstić information content (AvgIpc) is 2.96. The lowest BCUT2D eigenvalue weighted by Crippen LogP contribution is -2.41. The maximum Gasteiger partial charge on any atom is 0.426 e. The number of benzene rings is 1. The number of ether oxygens (including phenoxy) is 2. The zero-order valence-electron chi connectivity index (χ0n) is 13.7. The number of hydrogen-bond donors (Lipinski definition) is 2. The molecule has 0 aliphatic carbocycles. The molecule has 1 heterocycles. The monoisotopic (exact) mass is 349 g/mol. The minimum absolute atomic E-state index is 0.225. The zero-order chi connectivity index (χ0) is 17.5. The first kappa shape index (κ1) is 17.7. The summed E-state index contributed by atoms with van der Waals surface area (Å²) in [5.74, 6) is 0.348. The highest BCUT2D eigenvalue weighted by Gasteiger charge is 2.17. The highest BCUT2D eigenvalue weighted by atomic mass is 32.1. The third-order valence-corrected chi connectivity index (χ3v) is 4.17. The Bertz CT molecular complexity index is 713. The van der Waals surface area contributed by atoms with Crippen molar-refractivity contribution in [2.24, 2.45) is 0 Å². The van der Waals surface area contributed by atoms with Crippen LogP contribution in [0, 0.1) is 6.92 Å². The van der Waals surface area contributed by atoms with E-state index in [-0.39, 0.29) is 6.61 Å². The second-order valence-corrected chi connectivity index (χ2v) is 5.69. The van der Waals surface area contributed by atoms with Crippen LogP contribution in [0.5, 0.6) is 5.75 Å². The number of rotatable bonds is 5. The number of aromatic nitrogens is 1. The minimum atomic E-state index is -0.709. The largest absolute Gasteiger partial charge is 0.494 e. The van der Waals surface area contributed by atoms with Crippen molar-refractivity contribution in [2.45, 2.75) is 20.8 Å².